The molecule has 28 N–H and O–H groups in total. The number of carbonyl (C=O) groups excluding carboxylic acids is 4. The molecule has 9 rings (SSSR count). The first kappa shape index (κ1) is 91.1. The van der Waals surface area contributed by atoms with Gasteiger partial charge in [0, 0.05) is 27.7 Å². The minimum Gasteiger partial charge on any atom is -0.394 e. The standard InChI is InChI=1S/C62H104N4O45/c1-14-31(77)41(87)45(91)58(97-14)95-13-26-50(38(84)27(54(94)98-26)63-15(2)73)106-56-29(65-17(4)75)39(85)49(24(11-72)103-56)108-60-47(93)51(109-62-53(44(90)35(81)22(9-70)102-62)111-55-28(64-16(3)74)37(83)32(78)19(6-67)99-55)36(82)25(105-60)12-96-61-52(43(89)34(80)21(8-69)101-61)110-57-30(66-18(5)76)40(86)48(23(10-71)104-57)107-59-46(92)42(88)33(79)20(7-68)100-59/h14,19-62,67-72,77-94H,6-13H2,1-5H3,(H,63,73)(H,64,74)(H,65,75)(H,66,76)/t14-,19+,20+,21+,22+,23+,24+,25+,26+,27+,28+,29+,30+,31+,32+,33-,34+,35+,36+,37+,38+,39+,40+,41+,42-,43-,44-,45-,46+,47-,48+,49+,50+,51-,52-,53-,54+,55-,56-,57-,58-,59-,60-,61-,62-/m0/s1. The number of ether oxygens (including phenoxy) is 17. The topological polar surface area (TPSA) is 759 Å². The van der Waals surface area contributed by atoms with Crippen molar-refractivity contribution in [3.8, 4) is 0 Å². The normalized spacial score (nSPS) is 49.3. The highest BCUT2D eigenvalue weighted by Crippen LogP contribution is 2.40. The Labute approximate surface area is 629 Å². The lowest BCUT2D eigenvalue weighted by molar-refractivity contribution is -0.396. The highest BCUT2D eigenvalue weighted by atomic mass is 16.8. The smallest absolute Gasteiger partial charge is 0.217 e. The van der Waals surface area contributed by atoms with Crippen LogP contribution < -0.4 is 21.3 Å². The van der Waals surface area contributed by atoms with Crippen LogP contribution in [-0.4, -0.2) is 475 Å². The monoisotopic (exact) mass is 1620 g/mol. The Balaban J connectivity index is 1.05. The van der Waals surface area contributed by atoms with Crippen molar-refractivity contribution in [2.45, 2.75) is 311 Å². The minimum absolute atomic E-state index is 0.827. The van der Waals surface area contributed by atoms with Crippen molar-refractivity contribution in [1.29, 1.82) is 0 Å². The fraction of sp³-hybridized carbons (Fsp3) is 0.935. The van der Waals surface area contributed by atoms with Gasteiger partial charge in [-0.05, 0) is 6.92 Å². The van der Waals surface area contributed by atoms with Gasteiger partial charge in [0.1, 0.15) is 213 Å². The fourth-order valence-corrected chi connectivity index (χ4v) is 14.3. The van der Waals surface area contributed by atoms with Crippen molar-refractivity contribution in [3.05, 3.63) is 0 Å². The summed E-state index contributed by atoms with van der Waals surface area (Å²) in [6, 6.07) is -7.39. The first-order chi connectivity index (χ1) is 52.4. The summed E-state index contributed by atoms with van der Waals surface area (Å²) in [6.07, 6.45) is -83.2. The summed E-state index contributed by atoms with van der Waals surface area (Å²) in [6.45, 7) is -3.36. The van der Waals surface area contributed by atoms with Crippen molar-refractivity contribution in [3.63, 3.8) is 0 Å². The van der Waals surface area contributed by atoms with E-state index in [2.05, 4.69) is 21.3 Å². The molecule has 0 radical (unpaired) electrons. The maximum atomic E-state index is 13.2. The van der Waals surface area contributed by atoms with Crippen molar-refractivity contribution >= 4 is 23.6 Å². The van der Waals surface area contributed by atoms with Gasteiger partial charge in [-0.3, -0.25) is 19.2 Å². The number of hydrogen-bond donors (Lipinski definition) is 28. The van der Waals surface area contributed by atoms with E-state index in [1.165, 1.54) is 6.92 Å². The SMILES string of the molecule is CC(=O)N[C@@H]1[C@@H](O)[C@H](O[C@@H]2O[C@H](CO)[C@@H](O[C@@H]3O[C@H](CO[C@H]4O[C@H](CO)[C@@H](O)[C@H](O)[C@@H]4O[C@@H]4O[C@H](CO)[C@@H](O[C@@H]5O[C@H](CO)[C@H](O)[C@H](O)[C@H]5O)[C@H](O)[C@H]4NC(C)=O)[C@@H](O)[C@H](O[C@@H]4O[C@H](CO)[C@@H](O)[C@H](O)[C@@H]4O[C@@H]4O[C@H](CO)[C@@H](O)[C@H](O)[C@H]4NC(C)=O)[C@@H]3O)[C@H](O)[C@H]2NC(C)=O)[C@@H](CO[C@H]2O[C@@H](C)[C@@H](O)[C@@H](O)[C@@H]2O)O[C@H]1O. The van der Waals surface area contributed by atoms with Gasteiger partial charge in [0.05, 0.1) is 59.0 Å². The third-order valence-corrected chi connectivity index (χ3v) is 20.3. The summed E-state index contributed by atoms with van der Waals surface area (Å²) < 4.78 is 101. The molecule has 9 aliphatic rings. The molecule has 0 bridgehead atoms. The zero-order chi connectivity index (χ0) is 81.8. The lowest BCUT2D eigenvalue weighted by Gasteiger charge is -2.51. The van der Waals surface area contributed by atoms with E-state index in [-0.39, 0.29) is 0 Å². The summed E-state index contributed by atoms with van der Waals surface area (Å²) in [4.78, 5) is 50.9. The van der Waals surface area contributed by atoms with Crippen LogP contribution in [0.2, 0.25) is 0 Å². The molecule has 45 atom stereocenters. The van der Waals surface area contributed by atoms with Crippen LogP contribution in [0, 0.1) is 0 Å². The number of aliphatic hydroxyl groups is 24. The Bertz CT molecular complexity index is 2950. The molecule has 111 heavy (non-hydrogen) atoms. The molecule has 0 unspecified atom stereocenters. The van der Waals surface area contributed by atoms with E-state index >= 15 is 0 Å². The van der Waals surface area contributed by atoms with Gasteiger partial charge < -0.3 is 224 Å². The van der Waals surface area contributed by atoms with Crippen molar-refractivity contribution < 1.29 is 222 Å². The first-order valence-electron chi connectivity index (χ1n) is 35.5. The van der Waals surface area contributed by atoms with Gasteiger partial charge in [-0.2, -0.15) is 0 Å². The van der Waals surface area contributed by atoms with Gasteiger partial charge in [0.2, 0.25) is 23.6 Å². The van der Waals surface area contributed by atoms with E-state index < -0.39 is 353 Å². The molecule has 4 amide bonds. The molecule has 9 fully saturated rings. The molecule has 49 nitrogen and oxygen atoms in total. The van der Waals surface area contributed by atoms with E-state index in [9.17, 15) is 142 Å². The van der Waals surface area contributed by atoms with E-state index in [0.717, 1.165) is 27.7 Å². The van der Waals surface area contributed by atoms with E-state index in [1.807, 2.05) is 0 Å². The molecule has 0 saturated carbocycles. The molecule has 9 heterocycles. The molecule has 9 saturated heterocycles. The molecule has 49 heteroatoms. The molecular weight excluding hydrogens is 1520 g/mol. The number of hydrogen-bond acceptors (Lipinski definition) is 45. The van der Waals surface area contributed by atoms with E-state index in [0.29, 0.717) is 0 Å². The highest BCUT2D eigenvalue weighted by molar-refractivity contribution is 5.74. The van der Waals surface area contributed by atoms with Gasteiger partial charge in [-0.25, -0.2) is 0 Å². The first-order valence-corrected chi connectivity index (χ1v) is 35.5. The predicted octanol–water partition coefficient (Wildman–Crippen LogP) is -19.0. The molecule has 0 aromatic heterocycles. The second-order valence-corrected chi connectivity index (χ2v) is 28.2. The molecule has 0 aliphatic carbocycles. The quantitative estimate of drug-likeness (QED) is 0.0346. The summed E-state index contributed by atoms with van der Waals surface area (Å²) in [5.41, 5.74) is 0. The van der Waals surface area contributed by atoms with Crippen LogP contribution in [0.3, 0.4) is 0 Å². The fourth-order valence-electron chi connectivity index (χ4n) is 14.3. The molecular formula is C62H104N4O45. The Kier molecular flexibility index (Phi) is 32.6. The van der Waals surface area contributed by atoms with E-state index in [4.69, 9.17) is 80.5 Å². The molecule has 642 valence electrons. The summed E-state index contributed by atoms with van der Waals surface area (Å²) in [5.74, 6) is -3.59. The Morgan fingerprint density at radius 3 is 1.03 bits per heavy atom. The number of rotatable bonds is 28. The highest BCUT2D eigenvalue weighted by Gasteiger charge is 2.61. The third kappa shape index (κ3) is 20.3. The van der Waals surface area contributed by atoms with Gasteiger partial charge in [0.15, 0.2) is 56.6 Å². The summed E-state index contributed by atoms with van der Waals surface area (Å²) in [5, 5.41) is 276. The summed E-state index contributed by atoms with van der Waals surface area (Å²) >= 11 is 0. The Morgan fingerprint density at radius 1 is 0.252 bits per heavy atom. The molecule has 0 aromatic rings. The average molecular weight is 1630 g/mol. The van der Waals surface area contributed by atoms with Crippen molar-refractivity contribution in [1.82, 2.24) is 21.3 Å². The predicted molar refractivity (Wildman–Crippen MR) is 342 cm³/mol. The van der Waals surface area contributed by atoms with Crippen LogP contribution in [-0.2, 0) is 99.7 Å². The lowest BCUT2D eigenvalue weighted by Crippen LogP contribution is -2.71. The Morgan fingerprint density at radius 2 is 0.559 bits per heavy atom. The van der Waals surface area contributed by atoms with Gasteiger partial charge >= 0.3 is 0 Å². The van der Waals surface area contributed by atoms with Crippen molar-refractivity contribution in [2.24, 2.45) is 0 Å². The van der Waals surface area contributed by atoms with Gasteiger partial charge in [-0.1, -0.05) is 0 Å². The van der Waals surface area contributed by atoms with Gasteiger partial charge in [-0.15, -0.1) is 0 Å². The average Bonchev–Trinajstić information content (AvgIpc) is 0.774. The molecule has 0 spiro atoms. The second-order valence-electron chi connectivity index (χ2n) is 28.2. The zero-order valence-electron chi connectivity index (χ0n) is 59.9. The Hall–Kier alpha value is -3.76. The third-order valence-electron chi connectivity index (χ3n) is 20.3. The molecule has 9 aliphatic heterocycles. The van der Waals surface area contributed by atoms with Crippen LogP contribution in [0.1, 0.15) is 34.6 Å². The van der Waals surface area contributed by atoms with Crippen LogP contribution in [0.5, 0.6) is 0 Å². The van der Waals surface area contributed by atoms with Crippen LogP contribution >= 0.6 is 0 Å². The van der Waals surface area contributed by atoms with Gasteiger partial charge in [0.25, 0.3) is 0 Å². The zero-order valence-corrected chi connectivity index (χ0v) is 59.9. The second kappa shape index (κ2) is 39.7. The maximum Gasteiger partial charge on any atom is 0.217 e. The van der Waals surface area contributed by atoms with Crippen LogP contribution in [0.15, 0.2) is 0 Å². The largest absolute Gasteiger partial charge is 0.394 e. The lowest BCUT2D eigenvalue weighted by atomic mass is 9.93. The molecule has 0 aromatic carbocycles. The van der Waals surface area contributed by atoms with E-state index in [1.54, 1.807) is 0 Å². The number of nitrogens with one attached hydrogen (secondary N) is 4. The van der Waals surface area contributed by atoms with Crippen molar-refractivity contribution in [2.75, 3.05) is 52.9 Å². The summed E-state index contributed by atoms with van der Waals surface area (Å²) in [7, 11) is 0. The van der Waals surface area contributed by atoms with Crippen LogP contribution in [0.4, 0.5) is 0 Å². The maximum absolute atomic E-state index is 13.2. The number of amides is 4. The number of carbonyl (C=O) groups is 4. The van der Waals surface area contributed by atoms with Crippen LogP contribution in [0.25, 0.3) is 0 Å². The minimum atomic E-state index is -2.55. The number of aliphatic hydroxyl groups excluding tert-OH is 24.